The van der Waals surface area contributed by atoms with Crippen molar-refractivity contribution in [1.29, 1.82) is 0 Å². The molecule has 0 aliphatic carbocycles. The number of phenols is 1. The maximum Gasteiger partial charge on any atom is 0.224 e. The molecule has 4 heteroatoms. The molecule has 0 bridgehead atoms. The summed E-state index contributed by atoms with van der Waals surface area (Å²) >= 11 is 1.99. The molecule has 1 saturated heterocycles. The third kappa shape index (κ3) is 3.95. The van der Waals surface area contributed by atoms with Crippen LogP contribution in [0.2, 0.25) is 0 Å². The van der Waals surface area contributed by atoms with Crippen molar-refractivity contribution in [3.8, 4) is 5.75 Å². The van der Waals surface area contributed by atoms with Crippen LogP contribution in [0.3, 0.4) is 0 Å². The van der Waals surface area contributed by atoms with Crippen molar-refractivity contribution in [1.82, 2.24) is 5.32 Å². The maximum absolute atomic E-state index is 11.8. The molecule has 1 aromatic carbocycles. The second-order valence-corrected chi connectivity index (χ2v) is 5.89. The number of para-hydroxylation sites is 1. The number of nitrogens with one attached hydrogen (secondary N) is 1. The fourth-order valence-corrected chi connectivity index (χ4v) is 3.31. The van der Waals surface area contributed by atoms with Crippen molar-refractivity contribution in [2.45, 2.75) is 19.3 Å². The third-order valence-electron chi connectivity index (χ3n) is 3.27. The molecule has 0 aromatic heterocycles. The van der Waals surface area contributed by atoms with Crippen molar-refractivity contribution < 1.29 is 9.90 Å². The molecule has 98 valence electrons. The second kappa shape index (κ2) is 6.69. The molecular weight excluding hydrogens is 246 g/mol. The Hall–Kier alpha value is -1.16. The number of thioether (sulfide) groups is 1. The largest absolute Gasteiger partial charge is 0.508 e. The van der Waals surface area contributed by atoms with Crippen molar-refractivity contribution in [3.05, 3.63) is 29.8 Å². The molecule has 2 rings (SSSR count). The SMILES string of the molecule is O=C(Cc1ccccc1O)NCC1CCSCC1. The van der Waals surface area contributed by atoms with Gasteiger partial charge in [0.2, 0.25) is 5.91 Å². The van der Waals surface area contributed by atoms with Gasteiger partial charge in [-0.3, -0.25) is 4.79 Å². The third-order valence-corrected chi connectivity index (χ3v) is 4.32. The van der Waals surface area contributed by atoms with E-state index in [9.17, 15) is 9.90 Å². The second-order valence-electron chi connectivity index (χ2n) is 4.67. The van der Waals surface area contributed by atoms with Crippen LogP contribution >= 0.6 is 11.8 Å². The van der Waals surface area contributed by atoms with Crippen LogP contribution in [0.15, 0.2) is 24.3 Å². The number of carbonyl (C=O) groups is 1. The van der Waals surface area contributed by atoms with E-state index < -0.39 is 0 Å². The number of benzene rings is 1. The molecular formula is C14H19NO2S. The highest BCUT2D eigenvalue weighted by Crippen LogP contribution is 2.22. The summed E-state index contributed by atoms with van der Waals surface area (Å²) in [5.41, 5.74) is 0.689. The number of rotatable bonds is 4. The van der Waals surface area contributed by atoms with E-state index in [-0.39, 0.29) is 18.1 Å². The first kappa shape index (κ1) is 13.3. The summed E-state index contributed by atoms with van der Waals surface area (Å²) in [6, 6.07) is 6.99. The molecule has 1 aliphatic heterocycles. The van der Waals surface area contributed by atoms with Gasteiger partial charge >= 0.3 is 0 Å². The lowest BCUT2D eigenvalue weighted by Crippen LogP contribution is -2.32. The highest BCUT2D eigenvalue weighted by atomic mass is 32.2. The fraction of sp³-hybridized carbons (Fsp3) is 0.500. The Kier molecular flexibility index (Phi) is 4.93. The van der Waals surface area contributed by atoms with Gasteiger partial charge in [0.25, 0.3) is 0 Å². The molecule has 1 aliphatic rings. The van der Waals surface area contributed by atoms with Crippen molar-refractivity contribution in [3.63, 3.8) is 0 Å². The minimum absolute atomic E-state index is 0.00488. The van der Waals surface area contributed by atoms with Crippen LogP contribution < -0.4 is 5.32 Å². The standard InChI is InChI=1S/C14H19NO2S/c16-13-4-2-1-3-12(13)9-14(17)15-10-11-5-7-18-8-6-11/h1-4,11,16H,5-10H2,(H,15,17). The molecule has 1 aromatic rings. The molecule has 1 fully saturated rings. The maximum atomic E-state index is 11.8. The van der Waals surface area contributed by atoms with Gasteiger partial charge in [-0.1, -0.05) is 18.2 Å². The average molecular weight is 265 g/mol. The van der Waals surface area contributed by atoms with Crippen LogP contribution in [0.4, 0.5) is 0 Å². The number of amides is 1. The molecule has 1 heterocycles. The lowest BCUT2D eigenvalue weighted by Gasteiger charge is -2.21. The predicted molar refractivity (Wildman–Crippen MR) is 74.9 cm³/mol. The number of carbonyl (C=O) groups excluding carboxylic acids is 1. The van der Waals surface area contributed by atoms with Crippen molar-refractivity contribution >= 4 is 17.7 Å². The molecule has 1 amide bonds. The fourth-order valence-electron chi connectivity index (χ4n) is 2.10. The molecule has 0 unspecified atom stereocenters. The summed E-state index contributed by atoms with van der Waals surface area (Å²) in [6.07, 6.45) is 2.65. The first-order valence-corrected chi connectivity index (χ1v) is 7.52. The van der Waals surface area contributed by atoms with Gasteiger partial charge < -0.3 is 10.4 Å². The number of hydrogen-bond donors (Lipinski definition) is 2. The topological polar surface area (TPSA) is 49.3 Å². The van der Waals surface area contributed by atoms with Gasteiger partial charge in [-0.2, -0.15) is 11.8 Å². The highest BCUT2D eigenvalue weighted by molar-refractivity contribution is 7.99. The van der Waals surface area contributed by atoms with Crippen LogP contribution in [0, 0.1) is 5.92 Å². The zero-order valence-corrected chi connectivity index (χ0v) is 11.2. The Labute approximate surface area is 112 Å². The van der Waals surface area contributed by atoms with Gasteiger partial charge in [-0.15, -0.1) is 0 Å². The lowest BCUT2D eigenvalue weighted by atomic mass is 10.0. The summed E-state index contributed by atoms with van der Waals surface area (Å²) < 4.78 is 0. The molecule has 18 heavy (non-hydrogen) atoms. The van der Waals surface area contributed by atoms with E-state index in [0.29, 0.717) is 11.5 Å². The number of aromatic hydroxyl groups is 1. The lowest BCUT2D eigenvalue weighted by molar-refractivity contribution is -0.120. The van der Waals surface area contributed by atoms with Crippen LogP contribution in [0.5, 0.6) is 5.75 Å². The normalized spacial score (nSPS) is 16.4. The van der Waals surface area contributed by atoms with E-state index >= 15 is 0 Å². The predicted octanol–water partition coefficient (Wildman–Crippen LogP) is 2.19. The highest BCUT2D eigenvalue weighted by Gasteiger charge is 2.15. The first-order valence-electron chi connectivity index (χ1n) is 6.37. The Morgan fingerprint density at radius 2 is 2.06 bits per heavy atom. The van der Waals surface area contributed by atoms with Crippen molar-refractivity contribution in [2.75, 3.05) is 18.1 Å². The van der Waals surface area contributed by atoms with Gasteiger partial charge in [-0.05, 0) is 36.3 Å². The van der Waals surface area contributed by atoms with Gasteiger partial charge in [0.1, 0.15) is 5.75 Å². The quantitative estimate of drug-likeness (QED) is 0.877. The summed E-state index contributed by atoms with van der Waals surface area (Å²) in [5, 5.41) is 12.6. The minimum atomic E-state index is -0.00488. The van der Waals surface area contributed by atoms with Gasteiger partial charge in [0.15, 0.2) is 0 Å². The Bertz CT molecular complexity index is 403. The molecule has 0 saturated carbocycles. The summed E-state index contributed by atoms with van der Waals surface area (Å²) in [5.74, 6) is 3.23. The monoisotopic (exact) mass is 265 g/mol. The van der Waals surface area contributed by atoms with E-state index in [2.05, 4.69) is 5.32 Å². The van der Waals surface area contributed by atoms with Crippen LogP contribution in [-0.2, 0) is 11.2 Å². The van der Waals surface area contributed by atoms with Crippen LogP contribution in [-0.4, -0.2) is 29.1 Å². The van der Waals surface area contributed by atoms with E-state index in [1.807, 2.05) is 17.8 Å². The molecule has 2 N–H and O–H groups in total. The molecule has 0 spiro atoms. The van der Waals surface area contributed by atoms with Gasteiger partial charge in [0, 0.05) is 12.1 Å². The number of hydrogen-bond acceptors (Lipinski definition) is 3. The zero-order chi connectivity index (χ0) is 12.8. The Balaban J connectivity index is 1.76. The number of phenolic OH excluding ortho intramolecular Hbond substituents is 1. The van der Waals surface area contributed by atoms with Crippen LogP contribution in [0.1, 0.15) is 18.4 Å². The average Bonchev–Trinajstić information content (AvgIpc) is 2.40. The van der Waals surface area contributed by atoms with E-state index in [1.54, 1.807) is 18.2 Å². The van der Waals surface area contributed by atoms with Crippen LogP contribution in [0.25, 0.3) is 0 Å². The minimum Gasteiger partial charge on any atom is -0.508 e. The van der Waals surface area contributed by atoms with Gasteiger partial charge in [-0.25, -0.2) is 0 Å². The summed E-state index contributed by atoms with van der Waals surface area (Å²) in [7, 11) is 0. The summed E-state index contributed by atoms with van der Waals surface area (Å²) in [4.78, 5) is 11.8. The summed E-state index contributed by atoms with van der Waals surface area (Å²) in [6.45, 7) is 0.771. The molecule has 0 atom stereocenters. The van der Waals surface area contributed by atoms with E-state index in [0.717, 1.165) is 6.54 Å². The Morgan fingerprint density at radius 3 is 2.78 bits per heavy atom. The van der Waals surface area contributed by atoms with E-state index in [4.69, 9.17) is 0 Å². The zero-order valence-electron chi connectivity index (χ0n) is 10.4. The smallest absolute Gasteiger partial charge is 0.224 e. The molecule has 3 nitrogen and oxygen atoms in total. The Morgan fingerprint density at radius 1 is 1.33 bits per heavy atom. The molecule has 0 radical (unpaired) electrons. The van der Waals surface area contributed by atoms with E-state index in [1.165, 1.54) is 24.3 Å². The first-order chi connectivity index (χ1) is 8.75. The van der Waals surface area contributed by atoms with Gasteiger partial charge in [0.05, 0.1) is 6.42 Å². The van der Waals surface area contributed by atoms with Crippen molar-refractivity contribution in [2.24, 2.45) is 5.92 Å².